The summed E-state index contributed by atoms with van der Waals surface area (Å²) < 4.78 is 1.96. The highest BCUT2D eigenvalue weighted by Gasteiger charge is 2.05. The Hall–Kier alpha value is -1.94. The van der Waals surface area contributed by atoms with Gasteiger partial charge in [0.15, 0.2) is 5.65 Å². The zero-order valence-corrected chi connectivity index (χ0v) is 9.67. The van der Waals surface area contributed by atoms with Crippen LogP contribution in [0.3, 0.4) is 0 Å². The molecule has 3 rings (SSSR count). The van der Waals surface area contributed by atoms with Crippen molar-refractivity contribution in [3.05, 3.63) is 53.7 Å². The average Bonchev–Trinajstić information content (AvgIpc) is 2.76. The summed E-state index contributed by atoms with van der Waals surface area (Å²) in [7, 11) is 0. The van der Waals surface area contributed by atoms with Gasteiger partial charge in [0.2, 0.25) is 0 Å². The summed E-state index contributed by atoms with van der Waals surface area (Å²) in [5.74, 6) is 0. The zero-order valence-electron chi connectivity index (χ0n) is 8.92. The highest BCUT2D eigenvalue weighted by atomic mass is 35.5. The molecule has 0 spiro atoms. The molecule has 0 unspecified atom stereocenters. The molecule has 0 bridgehead atoms. The first-order chi connectivity index (χ1) is 8.34. The van der Waals surface area contributed by atoms with Crippen LogP contribution in [0.25, 0.3) is 11.2 Å². The molecule has 2 aromatic heterocycles. The van der Waals surface area contributed by atoms with Gasteiger partial charge in [-0.2, -0.15) is 0 Å². The molecule has 2 heterocycles. The first-order valence-electron chi connectivity index (χ1n) is 5.19. The molecule has 5 heteroatoms. The van der Waals surface area contributed by atoms with Crippen molar-refractivity contribution >= 4 is 22.8 Å². The van der Waals surface area contributed by atoms with E-state index in [1.807, 2.05) is 28.8 Å². The van der Waals surface area contributed by atoms with Crippen molar-refractivity contribution in [3.8, 4) is 0 Å². The molecule has 0 aliphatic carbocycles. The monoisotopic (exact) mass is 244 g/mol. The van der Waals surface area contributed by atoms with E-state index in [1.165, 1.54) is 6.33 Å². The van der Waals surface area contributed by atoms with E-state index in [9.17, 15) is 0 Å². The number of imidazole rings is 1. The average molecular weight is 245 g/mol. The van der Waals surface area contributed by atoms with Crippen LogP contribution in [-0.2, 0) is 6.54 Å². The number of aromatic nitrogens is 4. The van der Waals surface area contributed by atoms with Crippen LogP contribution in [0, 0.1) is 0 Å². The molecule has 0 amide bonds. The summed E-state index contributed by atoms with van der Waals surface area (Å²) in [4.78, 5) is 12.4. The van der Waals surface area contributed by atoms with Crippen LogP contribution in [0.1, 0.15) is 5.56 Å². The van der Waals surface area contributed by atoms with Gasteiger partial charge in [0.05, 0.1) is 19.1 Å². The second kappa shape index (κ2) is 4.14. The van der Waals surface area contributed by atoms with Crippen LogP contribution < -0.4 is 0 Å². The van der Waals surface area contributed by atoms with Crippen molar-refractivity contribution in [3.63, 3.8) is 0 Å². The van der Waals surface area contributed by atoms with E-state index in [1.54, 1.807) is 12.5 Å². The summed E-state index contributed by atoms with van der Waals surface area (Å²) in [5.41, 5.74) is 2.66. The second-order valence-electron chi connectivity index (χ2n) is 3.70. The predicted molar refractivity (Wildman–Crippen MR) is 65.9 cm³/mol. The minimum atomic E-state index is 0.660. The molecule has 0 saturated carbocycles. The van der Waals surface area contributed by atoms with Gasteiger partial charge >= 0.3 is 0 Å². The van der Waals surface area contributed by atoms with Gasteiger partial charge in [-0.15, -0.1) is 0 Å². The van der Waals surface area contributed by atoms with Crippen molar-refractivity contribution < 1.29 is 0 Å². The number of nitrogens with zero attached hydrogens (tertiary/aromatic N) is 4. The van der Waals surface area contributed by atoms with Crippen molar-refractivity contribution in [2.75, 3.05) is 0 Å². The number of benzene rings is 1. The summed E-state index contributed by atoms with van der Waals surface area (Å²) in [6, 6.07) is 7.76. The van der Waals surface area contributed by atoms with E-state index in [2.05, 4.69) is 15.0 Å². The molecule has 17 heavy (non-hydrogen) atoms. The van der Waals surface area contributed by atoms with Crippen molar-refractivity contribution in [2.45, 2.75) is 6.54 Å². The van der Waals surface area contributed by atoms with Gasteiger partial charge in [0.25, 0.3) is 0 Å². The van der Waals surface area contributed by atoms with Gasteiger partial charge in [-0.1, -0.05) is 29.8 Å². The zero-order chi connectivity index (χ0) is 11.7. The lowest BCUT2D eigenvalue weighted by Gasteiger charge is -2.05. The molecular weight excluding hydrogens is 236 g/mol. The summed E-state index contributed by atoms with van der Waals surface area (Å²) >= 11 is 6.13. The van der Waals surface area contributed by atoms with Crippen LogP contribution in [-0.4, -0.2) is 19.5 Å². The number of hydrogen-bond acceptors (Lipinski definition) is 3. The number of hydrogen-bond donors (Lipinski definition) is 0. The maximum Gasteiger partial charge on any atom is 0.163 e. The normalized spacial score (nSPS) is 10.9. The van der Waals surface area contributed by atoms with Gasteiger partial charge in [0.1, 0.15) is 11.8 Å². The highest BCUT2D eigenvalue weighted by molar-refractivity contribution is 6.31. The Morgan fingerprint density at radius 2 is 2.06 bits per heavy atom. The Kier molecular flexibility index (Phi) is 2.49. The fraction of sp³-hybridized carbons (Fsp3) is 0.0833. The van der Waals surface area contributed by atoms with Crippen LogP contribution in [0.2, 0.25) is 5.02 Å². The Bertz CT molecular complexity index is 662. The maximum absolute atomic E-state index is 6.13. The lowest BCUT2D eigenvalue weighted by Crippen LogP contribution is -1.99. The first kappa shape index (κ1) is 10.2. The van der Waals surface area contributed by atoms with Crippen LogP contribution in [0.15, 0.2) is 43.1 Å². The lowest BCUT2D eigenvalue weighted by atomic mass is 10.2. The quantitative estimate of drug-likeness (QED) is 0.696. The number of rotatable bonds is 2. The summed E-state index contributed by atoms with van der Waals surface area (Å²) in [6.45, 7) is 0.660. The third-order valence-corrected chi connectivity index (χ3v) is 2.95. The molecule has 0 N–H and O–H groups in total. The van der Waals surface area contributed by atoms with Gasteiger partial charge in [0, 0.05) is 5.02 Å². The molecule has 0 saturated heterocycles. The lowest BCUT2D eigenvalue weighted by molar-refractivity contribution is 0.813. The molecule has 0 fully saturated rings. The molecular formula is C12H9ClN4. The minimum Gasteiger partial charge on any atom is -0.311 e. The fourth-order valence-corrected chi connectivity index (χ4v) is 1.94. The Balaban J connectivity index is 2.03. The van der Waals surface area contributed by atoms with Crippen LogP contribution in [0.4, 0.5) is 0 Å². The van der Waals surface area contributed by atoms with Crippen LogP contribution in [0.5, 0.6) is 0 Å². The predicted octanol–water partition coefficient (Wildman–Crippen LogP) is 2.53. The van der Waals surface area contributed by atoms with E-state index in [-0.39, 0.29) is 0 Å². The summed E-state index contributed by atoms with van der Waals surface area (Å²) in [6.07, 6.45) is 4.97. The van der Waals surface area contributed by atoms with Crippen LogP contribution >= 0.6 is 11.6 Å². The van der Waals surface area contributed by atoms with E-state index in [0.717, 1.165) is 21.7 Å². The largest absolute Gasteiger partial charge is 0.311 e. The minimum absolute atomic E-state index is 0.660. The third kappa shape index (κ3) is 1.87. The third-order valence-electron chi connectivity index (χ3n) is 2.58. The molecule has 0 atom stereocenters. The molecule has 0 aliphatic heterocycles. The van der Waals surface area contributed by atoms with Gasteiger partial charge < -0.3 is 4.57 Å². The van der Waals surface area contributed by atoms with E-state index in [0.29, 0.717) is 6.54 Å². The van der Waals surface area contributed by atoms with E-state index >= 15 is 0 Å². The van der Waals surface area contributed by atoms with Crippen molar-refractivity contribution in [1.29, 1.82) is 0 Å². The molecule has 4 nitrogen and oxygen atoms in total. The van der Waals surface area contributed by atoms with E-state index < -0.39 is 0 Å². The summed E-state index contributed by atoms with van der Waals surface area (Å²) in [5, 5.41) is 0.753. The standard InChI is InChI=1S/C12H9ClN4/c13-10-4-2-1-3-9(10)6-17-8-16-11-5-14-7-15-12(11)17/h1-5,7-8H,6H2. The highest BCUT2D eigenvalue weighted by Crippen LogP contribution is 2.18. The molecule has 3 aromatic rings. The van der Waals surface area contributed by atoms with Gasteiger partial charge in [-0.3, -0.25) is 0 Å². The number of halogens is 1. The number of fused-ring (bicyclic) bond motifs is 1. The topological polar surface area (TPSA) is 43.6 Å². The Labute approximate surface area is 103 Å². The molecule has 84 valence electrons. The molecule has 1 aromatic carbocycles. The Morgan fingerprint density at radius 3 is 2.94 bits per heavy atom. The molecule has 0 aliphatic rings. The second-order valence-corrected chi connectivity index (χ2v) is 4.10. The van der Waals surface area contributed by atoms with Crippen molar-refractivity contribution in [1.82, 2.24) is 19.5 Å². The molecule has 0 radical (unpaired) electrons. The first-order valence-corrected chi connectivity index (χ1v) is 5.56. The smallest absolute Gasteiger partial charge is 0.163 e. The fourth-order valence-electron chi connectivity index (χ4n) is 1.74. The van der Waals surface area contributed by atoms with Gasteiger partial charge in [-0.25, -0.2) is 15.0 Å². The van der Waals surface area contributed by atoms with Gasteiger partial charge in [-0.05, 0) is 11.6 Å². The van der Waals surface area contributed by atoms with E-state index in [4.69, 9.17) is 11.6 Å². The SMILES string of the molecule is Clc1ccccc1Cn1cnc2cncnc21. The Morgan fingerprint density at radius 1 is 1.18 bits per heavy atom. The maximum atomic E-state index is 6.13. The van der Waals surface area contributed by atoms with Crippen molar-refractivity contribution in [2.24, 2.45) is 0 Å².